The number of furan rings is 1. The molecule has 166 valence electrons. The number of aliphatic imine (C=N–C) groups is 1. The highest BCUT2D eigenvalue weighted by atomic mass is 127. The van der Waals surface area contributed by atoms with Crippen LogP contribution in [0, 0.1) is 11.6 Å². The largest absolute Gasteiger partial charge is 0.461 e. The van der Waals surface area contributed by atoms with E-state index < -0.39 is 11.6 Å². The van der Waals surface area contributed by atoms with Gasteiger partial charge in [0.15, 0.2) is 11.7 Å². The maximum absolute atomic E-state index is 14.1. The third kappa shape index (κ3) is 5.71. The predicted molar refractivity (Wildman–Crippen MR) is 124 cm³/mol. The van der Waals surface area contributed by atoms with Crippen molar-refractivity contribution in [2.24, 2.45) is 4.99 Å². The van der Waals surface area contributed by atoms with Crippen LogP contribution in [-0.2, 0) is 6.54 Å². The van der Waals surface area contributed by atoms with Gasteiger partial charge in [0, 0.05) is 31.7 Å². The molecule has 0 radical (unpaired) electrons. The first kappa shape index (κ1) is 23.0. The molecular formula is C20H24F2IN7O. The van der Waals surface area contributed by atoms with Gasteiger partial charge in [-0.1, -0.05) is 0 Å². The molecule has 1 saturated heterocycles. The Hall–Kier alpha value is -2.70. The molecule has 3 aromatic rings. The van der Waals surface area contributed by atoms with E-state index in [1.54, 1.807) is 18.4 Å². The zero-order valence-electron chi connectivity index (χ0n) is 16.9. The highest BCUT2D eigenvalue weighted by Crippen LogP contribution is 2.24. The molecule has 8 nitrogen and oxygen atoms in total. The molecule has 1 unspecified atom stereocenters. The van der Waals surface area contributed by atoms with E-state index in [1.165, 1.54) is 12.1 Å². The van der Waals surface area contributed by atoms with Gasteiger partial charge < -0.3 is 20.0 Å². The van der Waals surface area contributed by atoms with Crippen molar-refractivity contribution in [3.8, 4) is 11.6 Å². The summed E-state index contributed by atoms with van der Waals surface area (Å²) in [6.45, 7) is 4.26. The number of halogens is 3. The summed E-state index contributed by atoms with van der Waals surface area (Å²) in [6.07, 6.45) is 2.38. The number of nitrogens with zero attached hydrogens (tertiary/aromatic N) is 4. The number of rotatable bonds is 6. The number of aromatic amines is 1. The van der Waals surface area contributed by atoms with Crippen molar-refractivity contribution in [1.29, 1.82) is 0 Å². The van der Waals surface area contributed by atoms with Crippen molar-refractivity contribution in [2.75, 3.05) is 24.5 Å². The van der Waals surface area contributed by atoms with Crippen LogP contribution in [0.5, 0.6) is 0 Å². The van der Waals surface area contributed by atoms with Crippen LogP contribution in [0.2, 0.25) is 0 Å². The molecule has 2 aromatic heterocycles. The summed E-state index contributed by atoms with van der Waals surface area (Å²) >= 11 is 0. The lowest BCUT2D eigenvalue weighted by Crippen LogP contribution is -2.44. The average molecular weight is 543 g/mol. The number of hydrogen-bond donors (Lipinski definition) is 3. The molecule has 0 bridgehead atoms. The molecule has 1 aliphatic rings. The smallest absolute Gasteiger partial charge is 0.216 e. The second kappa shape index (κ2) is 10.6. The Labute approximate surface area is 195 Å². The SMILES string of the molecule is CCNC(=NCc1nc(-c2ccco2)n[nH]1)NC1CCN(c2ccc(F)cc2F)C1.I. The molecule has 0 amide bonds. The fourth-order valence-corrected chi connectivity index (χ4v) is 3.38. The van der Waals surface area contributed by atoms with Gasteiger partial charge in [0.05, 0.1) is 12.0 Å². The molecule has 4 rings (SSSR count). The van der Waals surface area contributed by atoms with E-state index in [9.17, 15) is 8.78 Å². The number of aromatic nitrogens is 3. The lowest BCUT2D eigenvalue weighted by atomic mass is 10.2. The zero-order valence-corrected chi connectivity index (χ0v) is 19.3. The summed E-state index contributed by atoms with van der Waals surface area (Å²) < 4.78 is 32.5. The van der Waals surface area contributed by atoms with E-state index in [1.807, 2.05) is 11.8 Å². The Balaban J connectivity index is 0.00000272. The molecular weight excluding hydrogens is 519 g/mol. The first-order valence-corrected chi connectivity index (χ1v) is 9.82. The lowest BCUT2D eigenvalue weighted by molar-refractivity contribution is 0.577. The molecule has 11 heteroatoms. The average Bonchev–Trinajstić information content (AvgIpc) is 3.48. The Morgan fingerprint density at radius 3 is 2.97 bits per heavy atom. The maximum Gasteiger partial charge on any atom is 0.216 e. The Bertz CT molecular complexity index is 1010. The van der Waals surface area contributed by atoms with Gasteiger partial charge >= 0.3 is 0 Å². The highest BCUT2D eigenvalue weighted by Gasteiger charge is 2.25. The molecule has 1 aromatic carbocycles. The molecule has 1 aliphatic heterocycles. The first-order chi connectivity index (χ1) is 14.6. The number of H-pyrrole nitrogens is 1. The fourth-order valence-electron chi connectivity index (χ4n) is 3.38. The molecule has 3 heterocycles. The number of nitrogens with one attached hydrogen (secondary N) is 3. The first-order valence-electron chi connectivity index (χ1n) is 9.82. The van der Waals surface area contributed by atoms with Gasteiger partial charge in [0.25, 0.3) is 0 Å². The predicted octanol–water partition coefficient (Wildman–Crippen LogP) is 3.29. The molecule has 1 atom stereocenters. The van der Waals surface area contributed by atoms with Crippen LogP contribution in [0.25, 0.3) is 11.6 Å². The zero-order chi connectivity index (χ0) is 20.9. The van der Waals surface area contributed by atoms with Crippen LogP contribution in [0.1, 0.15) is 19.2 Å². The van der Waals surface area contributed by atoms with E-state index >= 15 is 0 Å². The van der Waals surface area contributed by atoms with Crippen LogP contribution in [0.3, 0.4) is 0 Å². The Kier molecular flexibility index (Phi) is 7.82. The summed E-state index contributed by atoms with van der Waals surface area (Å²) in [5, 5.41) is 13.6. The van der Waals surface area contributed by atoms with Crippen LogP contribution >= 0.6 is 24.0 Å². The van der Waals surface area contributed by atoms with Crippen molar-refractivity contribution in [3.05, 3.63) is 54.1 Å². The van der Waals surface area contributed by atoms with Crippen molar-refractivity contribution in [3.63, 3.8) is 0 Å². The Morgan fingerprint density at radius 2 is 2.23 bits per heavy atom. The van der Waals surface area contributed by atoms with E-state index in [-0.39, 0.29) is 30.0 Å². The summed E-state index contributed by atoms with van der Waals surface area (Å²) in [7, 11) is 0. The summed E-state index contributed by atoms with van der Waals surface area (Å²) in [5.74, 6) is 1.20. The van der Waals surface area contributed by atoms with Crippen molar-refractivity contribution >= 4 is 35.6 Å². The second-order valence-electron chi connectivity index (χ2n) is 6.95. The normalized spacial score (nSPS) is 16.3. The summed E-state index contributed by atoms with van der Waals surface area (Å²) in [4.78, 5) is 10.8. The molecule has 1 fully saturated rings. The summed E-state index contributed by atoms with van der Waals surface area (Å²) in [5.41, 5.74) is 0.412. The van der Waals surface area contributed by atoms with Gasteiger partial charge in [-0.3, -0.25) is 5.10 Å². The quantitative estimate of drug-likeness (QED) is 0.251. The molecule has 3 N–H and O–H groups in total. The number of anilines is 1. The van der Waals surface area contributed by atoms with E-state index in [0.717, 1.165) is 12.5 Å². The molecule has 0 aliphatic carbocycles. The molecule has 31 heavy (non-hydrogen) atoms. The van der Waals surface area contributed by atoms with Crippen LogP contribution in [0.4, 0.5) is 14.5 Å². The van der Waals surface area contributed by atoms with E-state index in [0.29, 0.717) is 55.2 Å². The van der Waals surface area contributed by atoms with Crippen molar-refractivity contribution in [1.82, 2.24) is 25.8 Å². The van der Waals surface area contributed by atoms with Gasteiger partial charge in [0.2, 0.25) is 5.82 Å². The lowest BCUT2D eigenvalue weighted by Gasteiger charge is -2.20. The Morgan fingerprint density at radius 1 is 1.35 bits per heavy atom. The third-order valence-electron chi connectivity index (χ3n) is 4.78. The number of benzene rings is 1. The van der Waals surface area contributed by atoms with Gasteiger partial charge in [-0.2, -0.15) is 0 Å². The van der Waals surface area contributed by atoms with E-state index in [4.69, 9.17) is 4.42 Å². The van der Waals surface area contributed by atoms with Crippen LogP contribution < -0.4 is 15.5 Å². The summed E-state index contributed by atoms with van der Waals surface area (Å²) in [6, 6.07) is 7.32. The molecule has 0 spiro atoms. The minimum atomic E-state index is -0.575. The van der Waals surface area contributed by atoms with Gasteiger partial charge in [-0.25, -0.2) is 18.8 Å². The van der Waals surface area contributed by atoms with Crippen LogP contribution in [-0.4, -0.2) is 46.8 Å². The topological polar surface area (TPSA) is 94.4 Å². The van der Waals surface area contributed by atoms with Gasteiger partial charge in [0.1, 0.15) is 24.0 Å². The van der Waals surface area contributed by atoms with Crippen molar-refractivity contribution in [2.45, 2.75) is 25.9 Å². The standard InChI is InChI=1S/C20H23F2N7O.HI/c1-2-23-20(24-11-18-26-19(28-27-18)17-4-3-9-30-17)25-14-7-8-29(12-14)16-6-5-13(21)10-15(16)22;/h3-6,9-10,14H,2,7-8,11-12H2,1H3,(H2,23,24,25)(H,26,27,28);1H. The van der Waals surface area contributed by atoms with Crippen molar-refractivity contribution < 1.29 is 13.2 Å². The van der Waals surface area contributed by atoms with Gasteiger partial charge in [-0.15, -0.1) is 29.1 Å². The third-order valence-corrected chi connectivity index (χ3v) is 4.78. The van der Waals surface area contributed by atoms with Crippen LogP contribution in [0.15, 0.2) is 46.0 Å². The monoisotopic (exact) mass is 543 g/mol. The fraction of sp³-hybridized carbons (Fsp3) is 0.350. The van der Waals surface area contributed by atoms with Gasteiger partial charge in [-0.05, 0) is 37.6 Å². The highest BCUT2D eigenvalue weighted by molar-refractivity contribution is 14.0. The second-order valence-corrected chi connectivity index (χ2v) is 6.95. The maximum atomic E-state index is 14.1. The molecule has 0 saturated carbocycles. The minimum absolute atomic E-state index is 0. The van der Waals surface area contributed by atoms with E-state index in [2.05, 4.69) is 30.8 Å². The number of guanidine groups is 1. The number of hydrogen-bond acceptors (Lipinski definition) is 5. The minimum Gasteiger partial charge on any atom is -0.461 e.